The van der Waals surface area contributed by atoms with Crippen LogP contribution in [0.5, 0.6) is 0 Å². The van der Waals surface area contributed by atoms with E-state index in [-0.39, 0.29) is 0 Å². The van der Waals surface area contributed by atoms with E-state index in [1.807, 2.05) is 18.5 Å². The summed E-state index contributed by atoms with van der Waals surface area (Å²) in [6, 6.07) is 2.62. The highest BCUT2D eigenvalue weighted by atomic mass is 32.2. The molecular weight excluding hydrogens is 270 g/mol. The molecule has 2 saturated heterocycles. The Labute approximate surface area is 125 Å². The van der Waals surface area contributed by atoms with Crippen LogP contribution in [0.1, 0.15) is 6.42 Å². The minimum Gasteiger partial charge on any atom is -0.338 e. The van der Waals surface area contributed by atoms with Gasteiger partial charge in [0.15, 0.2) is 0 Å². The highest BCUT2D eigenvalue weighted by molar-refractivity contribution is 7.99. The quantitative estimate of drug-likeness (QED) is 0.862. The fourth-order valence-electron chi connectivity index (χ4n) is 2.75. The predicted octanol–water partition coefficient (Wildman–Crippen LogP) is 0.694. The third-order valence-electron chi connectivity index (χ3n) is 4.00. The molecule has 2 fully saturated rings. The van der Waals surface area contributed by atoms with Crippen LogP contribution in [0.25, 0.3) is 0 Å². The Kier molecular flexibility index (Phi) is 5.11. The van der Waals surface area contributed by atoms with Gasteiger partial charge in [-0.25, -0.2) is 9.97 Å². The van der Waals surface area contributed by atoms with Gasteiger partial charge < -0.3 is 10.2 Å². The second kappa shape index (κ2) is 7.24. The van der Waals surface area contributed by atoms with Crippen molar-refractivity contribution in [1.82, 2.24) is 20.2 Å². The van der Waals surface area contributed by atoms with Crippen LogP contribution < -0.4 is 10.2 Å². The van der Waals surface area contributed by atoms with Crippen LogP contribution in [0.4, 0.5) is 5.95 Å². The van der Waals surface area contributed by atoms with E-state index in [9.17, 15) is 0 Å². The van der Waals surface area contributed by atoms with Crippen molar-refractivity contribution in [3.63, 3.8) is 0 Å². The molecule has 0 saturated carbocycles. The second-order valence-corrected chi connectivity index (χ2v) is 6.54. The fraction of sp³-hybridized carbons (Fsp3) is 0.714. The summed E-state index contributed by atoms with van der Waals surface area (Å²) >= 11 is 2.07. The standard InChI is InChI=1S/C14H23N5S/c1-3-16-14(17-4-1)19-9-7-18(8-10-19)6-5-15-13-2-11-20-12-13/h1,3-4,13,15H,2,5-12H2/t13-/m1/s1. The Morgan fingerprint density at radius 3 is 2.70 bits per heavy atom. The first-order chi connectivity index (χ1) is 9.92. The molecule has 1 atom stereocenters. The van der Waals surface area contributed by atoms with Crippen molar-refractivity contribution in [3.8, 4) is 0 Å². The molecule has 6 heteroatoms. The molecule has 2 aliphatic heterocycles. The smallest absolute Gasteiger partial charge is 0.225 e. The zero-order valence-electron chi connectivity index (χ0n) is 11.9. The molecule has 3 heterocycles. The number of nitrogens with one attached hydrogen (secondary N) is 1. The van der Waals surface area contributed by atoms with Gasteiger partial charge in [-0.2, -0.15) is 11.8 Å². The minimum absolute atomic E-state index is 0.749. The van der Waals surface area contributed by atoms with Gasteiger partial charge in [-0.15, -0.1) is 0 Å². The molecule has 5 nitrogen and oxygen atoms in total. The highest BCUT2D eigenvalue weighted by Gasteiger charge is 2.19. The summed E-state index contributed by atoms with van der Waals surface area (Å²) in [4.78, 5) is 13.5. The first-order valence-corrected chi connectivity index (χ1v) is 8.63. The van der Waals surface area contributed by atoms with Gasteiger partial charge in [0.05, 0.1) is 0 Å². The monoisotopic (exact) mass is 293 g/mol. The van der Waals surface area contributed by atoms with Gasteiger partial charge in [-0.3, -0.25) is 4.90 Å². The van der Waals surface area contributed by atoms with Gasteiger partial charge in [0.2, 0.25) is 5.95 Å². The largest absolute Gasteiger partial charge is 0.338 e. The molecule has 3 rings (SSSR count). The van der Waals surface area contributed by atoms with Crippen molar-refractivity contribution in [1.29, 1.82) is 0 Å². The average Bonchev–Trinajstić information content (AvgIpc) is 3.02. The van der Waals surface area contributed by atoms with Crippen molar-refractivity contribution in [2.75, 3.05) is 55.7 Å². The lowest BCUT2D eigenvalue weighted by Gasteiger charge is -2.34. The summed E-state index contributed by atoms with van der Waals surface area (Å²) in [7, 11) is 0. The number of rotatable bonds is 5. The molecule has 1 aromatic heterocycles. The lowest BCUT2D eigenvalue weighted by atomic mass is 10.2. The minimum atomic E-state index is 0.749. The maximum absolute atomic E-state index is 4.32. The van der Waals surface area contributed by atoms with E-state index in [1.165, 1.54) is 17.9 Å². The zero-order chi connectivity index (χ0) is 13.6. The molecule has 20 heavy (non-hydrogen) atoms. The Morgan fingerprint density at radius 1 is 1.20 bits per heavy atom. The molecule has 0 aromatic carbocycles. The Hall–Kier alpha value is -0.850. The maximum atomic E-state index is 4.32. The van der Waals surface area contributed by atoms with Crippen LogP contribution in [-0.2, 0) is 0 Å². The number of anilines is 1. The molecule has 0 radical (unpaired) electrons. The summed E-state index contributed by atoms with van der Waals surface area (Å²) in [5.74, 6) is 3.49. The summed E-state index contributed by atoms with van der Waals surface area (Å²) in [5.41, 5.74) is 0. The van der Waals surface area contributed by atoms with E-state index in [1.54, 1.807) is 0 Å². The van der Waals surface area contributed by atoms with E-state index < -0.39 is 0 Å². The van der Waals surface area contributed by atoms with E-state index in [4.69, 9.17) is 0 Å². The van der Waals surface area contributed by atoms with Crippen LogP contribution in [0.3, 0.4) is 0 Å². The van der Waals surface area contributed by atoms with E-state index >= 15 is 0 Å². The molecule has 0 unspecified atom stereocenters. The van der Waals surface area contributed by atoms with Gasteiger partial charge >= 0.3 is 0 Å². The molecule has 0 spiro atoms. The van der Waals surface area contributed by atoms with Gasteiger partial charge in [0.25, 0.3) is 0 Å². The van der Waals surface area contributed by atoms with Gasteiger partial charge in [0, 0.05) is 63.5 Å². The van der Waals surface area contributed by atoms with Crippen LogP contribution >= 0.6 is 11.8 Å². The van der Waals surface area contributed by atoms with Gasteiger partial charge in [-0.05, 0) is 18.2 Å². The predicted molar refractivity (Wildman–Crippen MR) is 84.4 cm³/mol. The van der Waals surface area contributed by atoms with Crippen molar-refractivity contribution in [2.45, 2.75) is 12.5 Å². The molecule has 1 N–H and O–H groups in total. The van der Waals surface area contributed by atoms with Crippen molar-refractivity contribution < 1.29 is 0 Å². The van der Waals surface area contributed by atoms with Crippen molar-refractivity contribution >= 4 is 17.7 Å². The zero-order valence-corrected chi connectivity index (χ0v) is 12.7. The summed E-state index contributed by atoms with van der Waals surface area (Å²) in [5, 5.41) is 3.67. The highest BCUT2D eigenvalue weighted by Crippen LogP contribution is 2.16. The van der Waals surface area contributed by atoms with Gasteiger partial charge in [-0.1, -0.05) is 0 Å². The number of nitrogens with zero attached hydrogens (tertiary/aromatic N) is 4. The normalized spacial score (nSPS) is 24.2. The van der Waals surface area contributed by atoms with Crippen LogP contribution in [0.2, 0.25) is 0 Å². The summed E-state index contributed by atoms with van der Waals surface area (Å²) in [6.07, 6.45) is 4.97. The maximum Gasteiger partial charge on any atom is 0.225 e. The summed E-state index contributed by atoms with van der Waals surface area (Å²) in [6.45, 7) is 6.56. The summed E-state index contributed by atoms with van der Waals surface area (Å²) < 4.78 is 0. The van der Waals surface area contributed by atoms with Crippen LogP contribution in [0.15, 0.2) is 18.5 Å². The Morgan fingerprint density at radius 2 is 2.00 bits per heavy atom. The average molecular weight is 293 g/mol. The first-order valence-electron chi connectivity index (χ1n) is 7.47. The SMILES string of the molecule is c1cnc(N2CCN(CCN[C@@H]3CCSC3)CC2)nc1. The topological polar surface area (TPSA) is 44.3 Å². The molecule has 2 aliphatic rings. The molecule has 110 valence electrons. The third-order valence-corrected chi connectivity index (χ3v) is 5.16. The molecular formula is C14H23N5S. The number of thioether (sulfide) groups is 1. The van der Waals surface area contributed by atoms with E-state index in [2.05, 4.69) is 36.8 Å². The first kappa shape index (κ1) is 14.1. The number of hydrogen-bond acceptors (Lipinski definition) is 6. The number of piperazine rings is 1. The Balaban J connectivity index is 1.36. The lowest BCUT2D eigenvalue weighted by Crippen LogP contribution is -2.49. The van der Waals surface area contributed by atoms with Crippen LogP contribution in [-0.4, -0.2) is 71.7 Å². The number of aromatic nitrogens is 2. The van der Waals surface area contributed by atoms with E-state index in [0.29, 0.717) is 0 Å². The molecule has 1 aromatic rings. The molecule has 0 bridgehead atoms. The van der Waals surface area contributed by atoms with E-state index in [0.717, 1.165) is 51.3 Å². The third kappa shape index (κ3) is 3.84. The van der Waals surface area contributed by atoms with Crippen molar-refractivity contribution in [2.24, 2.45) is 0 Å². The lowest BCUT2D eigenvalue weighted by molar-refractivity contribution is 0.253. The fourth-order valence-corrected chi connectivity index (χ4v) is 3.94. The molecule has 0 aliphatic carbocycles. The van der Waals surface area contributed by atoms with Crippen LogP contribution in [0, 0.1) is 0 Å². The number of hydrogen-bond donors (Lipinski definition) is 1. The second-order valence-electron chi connectivity index (χ2n) is 5.39. The van der Waals surface area contributed by atoms with Crippen molar-refractivity contribution in [3.05, 3.63) is 18.5 Å². The van der Waals surface area contributed by atoms with Gasteiger partial charge in [0.1, 0.15) is 0 Å². The molecule has 0 amide bonds. The Bertz CT molecular complexity index is 388.